The molecule has 1 atom stereocenters. The van der Waals surface area contributed by atoms with E-state index in [0.29, 0.717) is 5.41 Å². The molecule has 0 saturated heterocycles. The summed E-state index contributed by atoms with van der Waals surface area (Å²) in [6.07, 6.45) is 7.08. The van der Waals surface area contributed by atoms with Gasteiger partial charge in [-0.3, -0.25) is 4.79 Å². The highest BCUT2D eigenvalue weighted by Crippen LogP contribution is 2.48. The molecule has 1 rings (SSSR count). The number of carbonyl (C=O) groups excluding carboxylic acids is 1. The average Bonchev–Trinajstić information content (AvgIpc) is 2.09. The van der Waals surface area contributed by atoms with Gasteiger partial charge in [0, 0.05) is 5.41 Å². The molecule has 0 aromatic carbocycles. The van der Waals surface area contributed by atoms with Crippen LogP contribution in [0.4, 0.5) is 0 Å². The second-order valence-corrected chi connectivity index (χ2v) is 5.81. The summed E-state index contributed by atoms with van der Waals surface area (Å²) < 4.78 is 0. The van der Waals surface area contributed by atoms with E-state index in [-0.39, 0.29) is 11.2 Å². The SMILES string of the molecule is C=C1CC(C)(C)CCC1(C)C=CC(C)=O. The number of hydrogen-bond acceptors (Lipinski definition) is 1. The Morgan fingerprint density at radius 3 is 2.40 bits per heavy atom. The molecule has 0 spiro atoms. The summed E-state index contributed by atoms with van der Waals surface area (Å²) in [5.41, 5.74) is 1.67. The van der Waals surface area contributed by atoms with Gasteiger partial charge in [-0.1, -0.05) is 39.0 Å². The van der Waals surface area contributed by atoms with Crippen molar-refractivity contribution in [3.8, 4) is 0 Å². The molecule has 0 aromatic rings. The molecule has 0 heterocycles. The molecule has 1 unspecified atom stereocenters. The van der Waals surface area contributed by atoms with E-state index in [1.165, 1.54) is 12.0 Å². The fourth-order valence-electron chi connectivity index (χ4n) is 2.15. The minimum absolute atomic E-state index is 0.0290. The Morgan fingerprint density at radius 2 is 1.93 bits per heavy atom. The summed E-state index contributed by atoms with van der Waals surface area (Å²) in [5.74, 6) is 0.119. The Labute approximate surface area is 93.3 Å². The van der Waals surface area contributed by atoms with Crippen molar-refractivity contribution in [2.75, 3.05) is 0 Å². The molecular formula is C14H22O. The van der Waals surface area contributed by atoms with Crippen LogP contribution in [0.1, 0.15) is 47.0 Å². The molecule has 1 aliphatic rings. The topological polar surface area (TPSA) is 17.1 Å². The zero-order chi connectivity index (χ0) is 11.7. The molecule has 0 aliphatic heterocycles. The second-order valence-electron chi connectivity index (χ2n) is 5.81. The monoisotopic (exact) mass is 206 g/mol. The van der Waals surface area contributed by atoms with Crippen molar-refractivity contribution in [2.24, 2.45) is 10.8 Å². The molecule has 0 bridgehead atoms. The fourth-order valence-corrected chi connectivity index (χ4v) is 2.15. The van der Waals surface area contributed by atoms with Crippen LogP contribution >= 0.6 is 0 Å². The maximum atomic E-state index is 10.9. The van der Waals surface area contributed by atoms with Crippen LogP contribution in [0.15, 0.2) is 24.3 Å². The first kappa shape index (κ1) is 12.2. The molecule has 0 aromatic heterocycles. The van der Waals surface area contributed by atoms with Crippen molar-refractivity contribution in [2.45, 2.75) is 47.0 Å². The van der Waals surface area contributed by atoms with Gasteiger partial charge in [0.2, 0.25) is 0 Å². The summed E-state index contributed by atoms with van der Waals surface area (Å²) in [6.45, 7) is 12.5. The maximum absolute atomic E-state index is 10.9. The normalized spacial score (nSPS) is 30.8. The number of ketones is 1. The third-order valence-corrected chi connectivity index (χ3v) is 3.51. The van der Waals surface area contributed by atoms with Crippen molar-refractivity contribution >= 4 is 5.78 Å². The van der Waals surface area contributed by atoms with Gasteiger partial charge in [0.1, 0.15) is 0 Å². The Balaban J connectivity index is 2.80. The first-order valence-electron chi connectivity index (χ1n) is 5.63. The molecule has 1 saturated carbocycles. The highest BCUT2D eigenvalue weighted by Gasteiger charge is 2.35. The van der Waals surface area contributed by atoms with E-state index in [1.54, 1.807) is 13.0 Å². The van der Waals surface area contributed by atoms with E-state index in [9.17, 15) is 4.79 Å². The third kappa shape index (κ3) is 3.05. The van der Waals surface area contributed by atoms with Crippen molar-refractivity contribution in [1.29, 1.82) is 0 Å². The maximum Gasteiger partial charge on any atom is 0.152 e. The average molecular weight is 206 g/mol. The first-order chi connectivity index (χ1) is 6.75. The molecule has 1 nitrogen and oxygen atoms in total. The predicted molar refractivity (Wildman–Crippen MR) is 64.7 cm³/mol. The van der Waals surface area contributed by atoms with Crippen LogP contribution in [-0.2, 0) is 4.79 Å². The van der Waals surface area contributed by atoms with Crippen LogP contribution < -0.4 is 0 Å². The Morgan fingerprint density at radius 1 is 1.33 bits per heavy atom. The van der Waals surface area contributed by atoms with E-state index < -0.39 is 0 Å². The van der Waals surface area contributed by atoms with Crippen LogP contribution in [0, 0.1) is 10.8 Å². The van der Waals surface area contributed by atoms with Crippen molar-refractivity contribution < 1.29 is 4.79 Å². The van der Waals surface area contributed by atoms with Crippen molar-refractivity contribution in [3.63, 3.8) is 0 Å². The molecule has 0 N–H and O–H groups in total. The molecular weight excluding hydrogens is 184 g/mol. The van der Waals surface area contributed by atoms with E-state index in [1.807, 2.05) is 6.08 Å². The van der Waals surface area contributed by atoms with E-state index in [2.05, 4.69) is 27.4 Å². The molecule has 1 fully saturated rings. The number of rotatable bonds is 2. The quantitative estimate of drug-likeness (QED) is 0.494. The zero-order valence-electron chi connectivity index (χ0n) is 10.4. The third-order valence-electron chi connectivity index (χ3n) is 3.51. The summed E-state index contributed by atoms with van der Waals surface area (Å²) in [6, 6.07) is 0. The van der Waals surface area contributed by atoms with Crippen molar-refractivity contribution in [1.82, 2.24) is 0 Å². The van der Waals surface area contributed by atoms with Crippen LogP contribution in [0.25, 0.3) is 0 Å². The van der Waals surface area contributed by atoms with E-state index >= 15 is 0 Å². The van der Waals surface area contributed by atoms with Gasteiger partial charge in [-0.15, -0.1) is 0 Å². The zero-order valence-corrected chi connectivity index (χ0v) is 10.4. The van der Waals surface area contributed by atoms with Gasteiger partial charge >= 0.3 is 0 Å². The lowest BCUT2D eigenvalue weighted by Gasteiger charge is -2.41. The van der Waals surface area contributed by atoms with Crippen LogP contribution in [0.3, 0.4) is 0 Å². The van der Waals surface area contributed by atoms with Gasteiger partial charge in [0.15, 0.2) is 5.78 Å². The van der Waals surface area contributed by atoms with Gasteiger partial charge in [0.25, 0.3) is 0 Å². The fraction of sp³-hybridized carbons (Fsp3) is 0.643. The van der Waals surface area contributed by atoms with Crippen LogP contribution in [0.5, 0.6) is 0 Å². The first-order valence-corrected chi connectivity index (χ1v) is 5.63. The Kier molecular flexibility index (Phi) is 3.22. The van der Waals surface area contributed by atoms with Gasteiger partial charge in [-0.05, 0) is 37.7 Å². The number of carbonyl (C=O) groups is 1. The largest absolute Gasteiger partial charge is 0.295 e. The summed E-state index contributed by atoms with van der Waals surface area (Å²) in [4.78, 5) is 10.9. The van der Waals surface area contributed by atoms with Crippen LogP contribution in [-0.4, -0.2) is 5.78 Å². The minimum Gasteiger partial charge on any atom is -0.295 e. The van der Waals surface area contributed by atoms with Crippen molar-refractivity contribution in [3.05, 3.63) is 24.3 Å². The van der Waals surface area contributed by atoms with Gasteiger partial charge in [-0.2, -0.15) is 0 Å². The number of hydrogen-bond donors (Lipinski definition) is 0. The summed E-state index contributed by atoms with van der Waals surface area (Å²) in [5, 5.41) is 0. The molecule has 1 heteroatoms. The van der Waals surface area contributed by atoms with Gasteiger partial charge in [0.05, 0.1) is 0 Å². The molecule has 84 valence electrons. The van der Waals surface area contributed by atoms with E-state index in [0.717, 1.165) is 12.8 Å². The predicted octanol–water partition coefficient (Wildman–Crippen LogP) is 3.90. The standard InChI is InChI=1S/C14H22O/c1-11-10-13(3,4)8-9-14(11,5)7-6-12(2)15/h6-7H,1,8-10H2,2-5H3. The van der Waals surface area contributed by atoms with Gasteiger partial charge in [-0.25, -0.2) is 0 Å². The molecule has 15 heavy (non-hydrogen) atoms. The lowest BCUT2D eigenvalue weighted by atomic mass is 9.63. The van der Waals surface area contributed by atoms with E-state index in [4.69, 9.17) is 0 Å². The Hall–Kier alpha value is -0.850. The minimum atomic E-state index is 0.0290. The summed E-state index contributed by atoms with van der Waals surface area (Å²) >= 11 is 0. The number of allylic oxidation sites excluding steroid dienone is 3. The molecule has 1 aliphatic carbocycles. The van der Waals surface area contributed by atoms with Gasteiger partial charge < -0.3 is 0 Å². The molecule has 0 amide bonds. The summed E-state index contributed by atoms with van der Waals surface area (Å²) in [7, 11) is 0. The highest BCUT2D eigenvalue weighted by molar-refractivity contribution is 5.87. The smallest absolute Gasteiger partial charge is 0.152 e. The molecule has 0 radical (unpaired) electrons. The Bertz CT molecular complexity index is 309. The highest BCUT2D eigenvalue weighted by atomic mass is 16.1. The second kappa shape index (κ2) is 3.96. The van der Waals surface area contributed by atoms with Crippen LogP contribution in [0.2, 0.25) is 0 Å². The lowest BCUT2D eigenvalue weighted by molar-refractivity contribution is -0.112. The lowest BCUT2D eigenvalue weighted by Crippen LogP contribution is -2.29.